The summed E-state index contributed by atoms with van der Waals surface area (Å²) >= 11 is 0. The molecule has 0 aromatic carbocycles. The first-order valence-corrected chi connectivity index (χ1v) is 11.0. The summed E-state index contributed by atoms with van der Waals surface area (Å²) in [5.74, 6) is 1.10. The van der Waals surface area contributed by atoms with Gasteiger partial charge in [0, 0.05) is 71.0 Å². The molecular formula is C22H37N5O. The van der Waals surface area contributed by atoms with Gasteiger partial charge in [-0.2, -0.15) is 0 Å². The number of hydrogen-bond acceptors (Lipinski definition) is 5. The van der Waals surface area contributed by atoms with E-state index in [1.165, 1.54) is 30.5 Å². The van der Waals surface area contributed by atoms with Crippen LogP contribution in [0.3, 0.4) is 0 Å². The third kappa shape index (κ3) is 5.23. The highest BCUT2D eigenvalue weighted by Crippen LogP contribution is 2.25. The van der Waals surface area contributed by atoms with Crippen LogP contribution in [-0.2, 0) is 17.8 Å². The predicted molar refractivity (Wildman–Crippen MR) is 115 cm³/mol. The number of rotatable bonds is 5. The fourth-order valence-corrected chi connectivity index (χ4v) is 4.07. The van der Waals surface area contributed by atoms with Crippen LogP contribution in [0.15, 0.2) is 12.1 Å². The van der Waals surface area contributed by atoms with E-state index in [4.69, 9.17) is 4.98 Å². The standard InChI is InChI=1S/C13H21N3.C9H16N2O/c1-4-15(3)13-7-6-11-10-16(5-2)9-8-12(11)14-13;12-8-10-4-6-11(7-5-10)9-2-1-3-9/h6-7H,4-5,8-10H2,1-3H3;8-9H,1-7H2. The minimum absolute atomic E-state index is 0.846. The molecule has 1 saturated heterocycles. The van der Waals surface area contributed by atoms with Gasteiger partial charge in [0.1, 0.15) is 5.82 Å². The second-order valence-electron chi connectivity index (χ2n) is 8.17. The van der Waals surface area contributed by atoms with Gasteiger partial charge < -0.3 is 9.80 Å². The van der Waals surface area contributed by atoms with Crippen molar-refractivity contribution in [2.24, 2.45) is 0 Å². The predicted octanol–water partition coefficient (Wildman–Crippen LogP) is 2.23. The molecule has 3 heterocycles. The summed E-state index contributed by atoms with van der Waals surface area (Å²) in [6.07, 6.45) is 6.22. The van der Waals surface area contributed by atoms with E-state index in [1.807, 2.05) is 4.90 Å². The number of anilines is 1. The monoisotopic (exact) mass is 387 g/mol. The van der Waals surface area contributed by atoms with Crippen molar-refractivity contribution in [2.75, 3.05) is 57.8 Å². The van der Waals surface area contributed by atoms with Gasteiger partial charge in [0.2, 0.25) is 6.41 Å². The average Bonchev–Trinajstić information content (AvgIpc) is 2.72. The molecule has 1 aromatic rings. The lowest BCUT2D eigenvalue weighted by molar-refractivity contribution is -0.120. The molecule has 2 fully saturated rings. The first-order chi connectivity index (χ1) is 13.6. The summed E-state index contributed by atoms with van der Waals surface area (Å²) in [5, 5.41) is 0. The largest absolute Gasteiger partial charge is 0.360 e. The third-order valence-corrected chi connectivity index (χ3v) is 6.51. The van der Waals surface area contributed by atoms with Crippen molar-refractivity contribution in [1.82, 2.24) is 19.7 Å². The second-order valence-corrected chi connectivity index (χ2v) is 8.17. The van der Waals surface area contributed by atoms with Gasteiger partial charge in [-0.05, 0) is 37.9 Å². The number of fused-ring (bicyclic) bond motifs is 1. The van der Waals surface area contributed by atoms with Crippen LogP contribution in [0, 0.1) is 0 Å². The highest BCUT2D eigenvalue weighted by molar-refractivity contribution is 5.47. The molecule has 0 N–H and O–H groups in total. The van der Waals surface area contributed by atoms with Gasteiger partial charge >= 0.3 is 0 Å². The molecule has 0 bridgehead atoms. The molecule has 156 valence electrons. The van der Waals surface area contributed by atoms with E-state index in [0.717, 1.165) is 77.0 Å². The molecule has 0 atom stereocenters. The Hall–Kier alpha value is -1.66. The molecule has 0 spiro atoms. The van der Waals surface area contributed by atoms with Crippen LogP contribution in [0.5, 0.6) is 0 Å². The second kappa shape index (κ2) is 10.2. The first kappa shape index (κ1) is 21.1. The van der Waals surface area contributed by atoms with E-state index in [-0.39, 0.29) is 0 Å². The molecule has 28 heavy (non-hydrogen) atoms. The summed E-state index contributed by atoms with van der Waals surface area (Å²) in [7, 11) is 2.09. The van der Waals surface area contributed by atoms with Gasteiger partial charge in [-0.25, -0.2) is 4.98 Å². The number of aromatic nitrogens is 1. The van der Waals surface area contributed by atoms with Gasteiger partial charge in [-0.1, -0.05) is 19.4 Å². The molecule has 1 aliphatic carbocycles. The van der Waals surface area contributed by atoms with Crippen molar-refractivity contribution in [1.29, 1.82) is 0 Å². The number of hydrogen-bond donors (Lipinski definition) is 0. The number of pyridine rings is 1. The molecule has 4 rings (SSSR count). The SMILES string of the molecule is CCN1CCc2nc(N(C)CC)ccc2C1.O=CN1CCN(C2CCC2)CC1. The third-order valence-electron chi connectivity index (χ3n) is 6.51. The van der Waals surface area contributed by atoms with Gasteiger partial charge in [-0.3, -0.25) is 14.6 Å². The topological polar surface area (TPSA) is 42.9 Å². The van der Waals surface area contributed by atoms with E-state index in [1.54, 1.807) is 0 Å². The Bertz CT molecular complexity index is 625. The summed E-state index contributed by atoms with van der Waals surface area (Å²) < 4.78 is 0. The molecule has 1 saturated carbocycles. The van der Waals surface area contributed by atoms with Crippen LogP contribution in [0.4, 0.5) is 5.82 Å². The van der Waals surface area contributed by atoms with Gasteiger partial charge in [0.15, 0.2) is 0 Å². The molecule has 0 radical (unpaired) electrons. The zero-order valence-electron chi connectivity index (χ0n) is 17.9. The Balaban J connectivity index is 0.000000167. The fourth-order valence-electron chi connectivity index (χ4n) is 4.07. The van der Waals surface area contributed by atoms with Crippen molar-refractivity contribution < 1.29 is 4.79 Å². The normalized spacial score (nSPS) is 20.6. The Morgan fingerprint density at radius 1 is 1.14 bits per heavy atom. The number of likely N-dealkylation sites (N-methyl/N-ethyl adjacent to an activating group) is 1. The molecule has 0 unspecified atom stereocenters. The molecule has 3 aliphatic rings. The van der Waals surface area contributed by atoms with Crippen LogP contribution < -0.4 is 4.90 Å². The number of piperazine rings is 1. The van der Waals surface area contributed by atoms with E-state index in [9.17, 15) is 4.79 Å². The van der Waals surface area contributed by atoms with Crippen molar-refractivity contribution in [3.63, 3.8) is 0 Å². The van der Waals surface area contributed by atoms with Crippen molar-refractivity contribution in [2.45, 2.75) is 52.1 Å². The average molecular weight is 388 g/mol. The minimum Gasteiger partial charge on any atom is -0.360 e. The highest BCUT2D eigenvalue weighted by Gasteiger charge is 2.27. The summed E-state index contributed by atoms with van der Waals surface area (Å²) in [6.45, 7) is 12.8. The van der Waals surface area contributed by atoms with Crippen molar-refractivity contribution in [3.05, 3.63) is 23.4 Å². The van der Waals surface area contributed by atoms with Crippen LogP contribution in [-0.4, -0.2) is 85.0 Å². The van der Waals surface area contributed by atoms with E-state index in [2.05, 4.69) is 47.7 Å². The summed E-state index contributed by atoms with van der Waals surface area (Å²) in [5.41, 5.74) is 2.70. The molecule has 1 amide bonds. The molecule has 1 aromatic heterocycles. The zero-order chi connectivity index (χ0) is 19.9. The van der Waals surface area contributed by atoms with Gasteiger partial charge in [0.05, 0.1) is 0 Å². The number of carbonyl (C=O) groups is 1. The Labute approximate surface area is 170 Å². The van der Waals surface area contributed by atoms with Crippen LogP contribution in [0.25, 0.3) is 0 Å². The maximum Gasteiger partial charge on any atom is 0.209 e. The zero-order valence-corrected chi connectivity index (χ0v) is 17.9. The van der Waals surface area contributed by atoms with E-state index < -0.39 is 0 Å². The van der Waals surface area contributed by atoms with E-state index >= 15 is 0 Å². The van der Waals surface area contributed by atoms with E-state index in [0.29, 0.717) is 0 Å². The maximum atomic E-state index is 10.4. The van der Waals surface area contributed by atoms with Gasteiger partial charge in [-0.15, -0.1) is 0 Å². The summed E-state index contributed by atoms with van der Waals surface area (Å²) in [6, 6.07) is 5.23. The molecular weight excluding hydrogens is 350 g/mol. The number of nitrogens with zero attached hydrogens (tertiary/aromatic N) is 5. The minimum atomic E-state index is 0.846. The fraction of sp³-hybridized carbons (Fsp3) is 0.727. The first-order valence-electron chi connectivity index (χ1n) is 11.0. The highest BCUT2D eigenvalue weighted by atomic mass is 16.1. The lowest BCUT2D eigenvalue weighted by Gasteiger charge is -2.42. The number of amides is 1. The number of carbonyl (C=O) groups excluding carboxylic acids is 1. The Kier molecular flexibility index (Phi) is 7.68. The molecule has 2 aliphatic heterocycles. The lowest BCUT2D eigenvalue weighted by Crippen LogP contribution is -2.51. The van der Waals surface area contributed by atoms with Crippen LogP contribution in [0.1, 0.15) is 44.4 Å². The maximum absolute atomic E-state index is 10.4. The lowest BCUT2D eigenvalue weighted by atomic mass is 9.91. The molecule has 6 nitrogen and oxygen atoms in total. The quantitative estimate of drug-likeness (QED) is 0.725. The van der Waals surface area contributed by atoms with Crippen LogP contribution in [0.2, 0.25) is 0 Å². The van der Waals surface area contributed by atoms with Gasteiger partial charge in [0.25, 0.3) is 0 Å². The Morgan fingerprint density at radius 2 is 1.89 bits per heavy atom. The van der Waals surface area contributed by atoms with Crippen molar-refractivity contribution >= 4 is 12.2 Å². The van der Waals surface area contributed by atoms with Crippen LogP contribution >= 0.6 is 0 Å². The summed E-state index contributed by atoms with van der Waals surface area (Å²) in [4.78, 5) is 24.2. The smallest absolute Gasteiger partial charge is 0.209 e. The van der Waals surface area contributed by atoms with Crippen molar-refractivity contribution in [3.8, 4) is 0 Å². The molecule has 6 heteroatoms. The Morgan fingerprint density at radius 3 is 2.46 bits per heavy atom.